The van der Waals surface area contributed by atoms with Crippen LogP contribution >= 0.6 is 22.7 Å². The zero-order valence-electron chi connectivity index (χ0n) is 13.4. The number of ether oxygens (including phenoxy) is 1. The number of rotatable bonds is 6. The van der Waals surface area contributed by atoms with E-state index in [1.807, 2.05) is 24.3 Å². The Labute approximate surface area is 144 Å². The normalized spacial score (nSPS) is 11.8. The fraction of sp³-hybridized carbons (Fsp3) is 0.278. The number of thiazole rings is 1. The van der Waals surface area contributed by atoms with Crippen LogP contribution in [0.25, 0.3) is 10.6 Å². The second-order valence-corrected chi connectivity index (χ2v) is 6.98. The second-order valence-electron chi connectivity index (χ2n) is 5.20. The summed E-state index contributed by atoms with van der Waals surface area (Å²) in [4.78, 5) is 7.17. The van der Waals surface area contributed by atoms with Gasteiger partial charge in [-0.1, -0.05) is 25.5 Å². The Bertz CT molecular complexity index is 816. The van der Waals surface area contributed by atoms with Crippen molar-refractivity contribution in [1.29, 1.82) is 0 Å². The molecule has 0 atom stereocenters. The Balaban J connectivity index is 2.05. The largest absolute Gasteiger partial charge is 0.497 e. The molecule has 0 aliphatic rings. The maximum Gasteiger partial charge on any atom is 0.190 e. The van der Waals surface area contributed by atoms with Gasteiger partial charge in [0.05, 0.1) is 23.4 Å². The van der Waals surface area contributed by atoms with Crippen LogP contribution in [0.15, 0.2) is 52.2 Å². The van der Waals surface area contributed by atoms with Crippen LogP contribution in [0.2, 0.25) is 0 Å². The van der Waals surface area contributed by atoms with Gasteiger partial charge in [0.1, 0.15) is 5.75 Å². The van der Waals surface area contributed by atoms with E-state index >= 15 is 0 Å². The van der Waals surface area contributed by atoms with Gasteiger partial charge in [0.2, 0.25) is 0 Å². The van der Waals surface area contributed by atoms with Crippen molar-refractivity contribution in [2.45, 2.75) is 26.3 Å². The molecule has 0 aliphatic carbocycles. The molecule has 2 aromatic heterocycles. The molecular weight excluding hydrogens is 324 g/mol. The maximum absolute atomic E-state index is 5.29. The summed E-state index contributed by atoms with van der Waals surface area (Å²) in [5.74, 6) is 0.835. The number of unbranched alkanes of at least 4 members (excludes halogenated alkanes) is 1. The molecule has 0 radical (unpaired) electrons. The number of hydrogen-bond acceptors (Lipinski definition) is 4. The lowest BCUT2D eigenvalue weighted by molar-refractivity contribution is 0.415. The van der Waals surface area contributed by atoms with Gasteiger partial charge in [-0.3, -0.25) is 0 Å². The molecule has 0 aliphatic heterocycles. The fourth-order valence-electron chi connectivity index (χ4n) is 2.36. The second kappa shape index (κ2) is 7.62. The molecule has 0 spiro atoms. The van der Waals surface area contributed by atoms with Crippen molar-refractivity contribution in [3.8, 4) is 16.3 Å². The zero-order valence-corrected chi connectivity index (χ0v) is 15.0. The van der Waals surface area contributed by atoms with Crippen molar-refractivity contribution >= 4 is 28.4 Å². The average Bonchev–Trinajstić information content (AvgIpc) is 3.23. The van der Waals surface area contributed by atoms with Crippen LogP contribution in [-0.4, -0.2) is 11.7 Å². The Hall–Kier alpha value is -1.85. The minimum atomic E-state index is 0.835. The fourth-order valence-corrected chi connectivity index (χ4v) is 4.14. The lowest BCUT2D eigenvalue weighted by Gasteiger charge is -2.07. The zero-order chi connectivity index (χ0) is 16.1. The van der Waals surface area contributed by atoms with Crippen molar-refractivity contribution < 1.29 is 4.74 Å². The molecule has 0 N–H and O–H groups in total. The lowest BCUT2D eigenvalue weighted by Crippen LogP contribution is -2.15. The van der Waals surface area contributed by atoms with Gasteiger partial charge in [-0.05, 0) is 30.0 Å². The highest BCUT2D eigenvalue weighted by Crippen LogP contribution is 2.26. The predicted molar refractivity (Wildman–Crippen MR) is 98.7 cm³/mol. The number of nitrogens with zero attached hydrogens (tertiary/aromatic N) is 2. The van der Waals surface area contributed by atoms with E-state index in [0.717, 1.165) is 29.2 Å². The van der Waals surface area contributed by atoms with E-state index in [1.54, 1.807) is 29.8 Å². The third kappa shape index (κ3) is 3.74. The van der Waals surface area contributed by atoms with Crippen molar-refractivity contribution in [3.63, 3.8) is 0 Å². The number of methoxy groups -OCH3 is 1. The van der Waals surface area contributed by atoms with Crippen LogP contribution in [0.5, 0.6) is 5.75 Å². The molecule has 120 valence electrons. The maximum atomic E-state index is 5.29. The first-order chi connectivity index (χ1) is 11.3. The molecule has 3 aromatic rings. The van der Waals surface area contributed by atoms with Crippen molar-refractivity contribution in [3.05, 3.63) is 52.0 Å². The van der Waals surface area contributed by atoms with E-state index in [4.69, 9.17) is 9.73 Å². The molecule has 0 saturated heterocycles. The molecule has 0 saturated carbocycles. The smallest absolute Gasteiger partial charge is 0.190 e. The molecule has 0 fully saturated rings. The monoisotopic (exact) mass is 344 g/mol. The number of thiophene rings is 1. The predicted octanol–water partition coefficient (Wildman–Crippen LogP) is 5.32. The molecule has 0 unspecified atom stereocenters. The molecule has 23 heavy (non-hydrogen) atoms. The number of benzene rings is 1. The third-order valence-electron chi connectivity index (χ3n) is 3.58. The number of hydrogen-bond donors (Lipinski definition) is 0. The summed E-state index contributed by atoms with van der Waals surface area (Å²) in [6.07, 6.45) is 2.33. The first-order valence-electron chi connectivity index (χ1n) is 7.73. The van der Waals surface area contributed by atoms with E-state index in [0.29, 0.717) is 0 Å². The van der Waals surface area contributed by atoms with Crippen LogP contribution in [0.4, 0.5) is 5.69 Å². The summed E-state index contributed by atoms with van der Waals surface area (Å²) in [6, 6.07) is 12.2. The minimum absolute atomic E-state index is 0.835. The first kappa shape index (κ1) is 16.0. The van der Waals surface area contributed by atoms with Gasteiger partial charge in [0.15, 0.2) is 4.80 Å². The molecule has 0 bridgehead atoms. The average molecular weight is 345 g/mol. The van der Waals surface area contributed by atoms with Crippen LogP contribution in [-0.2, 0) is 6.54 Å². The summed E-state index contributed by atoms with van der Waals surface area (Å²) >= 11 is 3.47. The molecule has 3 nitrogen and oxygen atoms in total. The highest BCUT2D eigenvalue weighted by atomic mass is 32.1. The van der Waals surface area contributed by atoms with Gasteiger partial charge < -0.3 is 9.30 Å². The summed E-state index contributed by atoms with van der Waals surface area (Å²) in [7, 11) is 1.68. The summed E-state index contributed by atoms with van der Waals surface area (Å²) < 4.78 is 7.62. The van der Waals surface area contributed by atoms with E-state index in [9.17, 15) is 0 Å². The molecule has 0 amide bonds. The molecule has 3 rings (SSSR count). The van der Waals surface area contributed by atoms with E-state index < -0.39 is 0 Å². The third-order valence-corrected chi connectivity index (χ3v) is 5.34. The number of aromatic nitrogens is 1. The minimum Gasteiger partial charge on any atom is -0.497 e. The van der Waals surface area contributed by atoms with Crippen molar-refractivity contribution in [2.75, 3.05) is 7.11 Å². The standard InChI is InChI=1S/C18H20N2OS2/c1-3-4-10-20-16(17-9-6-11-22-17)13-23-18(20)19-14-7-5-8-15(12-14)21-2/h5-9,11-13H,3-4,10H2,1-2H3. The van der Waals surface area contributed by atoms with Crippen LogP contribution in [0, 0.1) is 0 Å². The Kier molecular flexibility index (Phi) is 5.31. The Morgan fingerprint density at radius 2 is 2.09 bits per heavy atom. The van der Waals surface area contributed by atoms with Gasteiger partial charge in [-0.25, -0.2) is 4.99 Å². The summed E-state index contributed by atoms with van der Waals surface area (Å²) in [5.41, 5.74) is 2.19. The first-order valence-corrected chi connectivity index (χ1v) is 9.48. The summed E-state index contributed by atoms with van der Waals surface area (Å²) in [5, 5.41) is 4.33. The van der Waals surface area contributed by atoms with Gasteiger partial charge in [-0.15, -0.1) is 22.7 Å². The topological polar surface area (TPSA) is 26.5 Å². The van der Waals surface area contributed by atoms with Gasteiger partial charge in [0.25, 0.3) is 0 Å². The van der Waals surface area contributed by atoms with E-state index in [1.165, 1.54) is 17.0 Å². The van der Waals surface area contributed by atoms with Gasteiger partial charge in [0, 0.05) is 18.0 Å². The van der Waals surface area contributed by atoms with Crippen LogP contribution in [0.3, 0.4) is 0 Å². The van der Waals surface area contributed by atoms with Gasteiger partial charge in [-0.2, -0.15) is 0 Å². The van der Waals surface area contributed by atoms with Crippen LogP contribution in [0.1, 0.15) is 19.8 Å². The van der Waals surface area contributed by atoms with E-state index in [-0.39, 0.29) is 0 Å². The van der Waals surface area contributed by atoms with Crippen molar-refractivity contribution in [1.82, 2.24) is 4.57 Å². The molecular formula is C18H20N2OS2. The lowest BCUT2D eigenvalue weighted by atomic mass is 10.3. The summed E-state index contributed by atoms with van der Waals surface area (Å²) in [6.45, 7) is 3.21. The Morgan fingerprint density at radius 1 is 1.17 bits per heavy atom. The van der Waals surface area contributed by atoms with Crippen molar-refractivity contribution in [2.24, 2.45) is 4.99 Å². The molecule has 1 aromatic carbocycles. The van der Waals surface area contributed by atoms with Gasteiger partial charge >= 0.3 is 0 Å². The highest BCUT2D eigenvalue weighted by molar-refractivity contribution is 7.14. The highest BCUT2D eigenvalue weighted by Gasteiger charge is 2.08. The Morgan fingerprint density at radius 3 is 2.83 bits per heavy atom. The van der Waals surface area contributed by atoms with E-state index in [2.05, 4.69) is 34.4 Å². The SMILES string of the molecule is CCCCn1c(-c2cccs2)csc1=Nc1cccc(OC)c1. The molecule has 2 heterocycles. The van der Waals surface area contributed by atoms with Crippen LogP contribution < -0.4 is 9.54 Å². The quantitative estimate of drug-likeness (QED) is 0.594. The molecule has 5 heteroatoms.